The van der Waals surface area contributed by atoms with Gasteiger partial charge in [-0.25, -0.2) is 14.5 Å². The number of hydrogen-bond acceptors (Lipinski definition) is 4. The molecule has 0 spiro atoms. The summed E-state index contributed by atoms with van der Waals surface area (Å²) in [5, 5.41) is 16.1. The van der Waals surface area contributed by atoms with E-state index in [1.807, 2.05) is 6.07 Å². The van der Waals surface area contributed by atoms with E-state index < -0.39 is 23.8 Å². The third-order valence-electron chi connectivity index (χ3n) is 4.60. The molecule has 32 heavy (non-hydrogen) atoms. The maximum Gasteiger partial charge on any atom is 0.416 e. The van der Waals surface area contributed by atoms with Crippen molar-refractivity contribution in [2.45, 2.75) is 19.1 Å². The van der Waals surface area contributed by atoms with Crippen molar-refractivity contribution < 1.29 is 18.0 Å². The predicted molar refractivity (Wildman–Crippen MR) is 110 cm³/mol. The Morgan fingerprint density at radius 1 is 1.12 bits per heavy atom. The molecule has 2 amide bonds. The van der Waals surface area contributed by atoms with Crippen LogP contribution < -0.4 is 10.6 Å². The molecular formula is C21H18F3N7O. The van der Waals surface area contributed by atoms with Crippen molar-refractivity contribution in [1.29, 1.82) is 0 Å². The highest BCUT2D eigenvalue weighted by Gasteiger charge is 2.31. The zero-order chi connectivity index (χ0) is 22.7. The number of halogens is 3. The molecule has 0 fully saturated rings. The number of carbonyl (C=O) groups excluding carboxylic acids is 1. The second-order valence-corrected chi connectivity index (χ2v) is 6.90. The van der Waals surface area contributed by atoms with Gasteiger partial charge in [-0.2, -0.15) is 23.4 Å². The third-order valence-corrected chi connectivity index (χ3v) is 4.60. The summed E-state index contributed by atoms with van der Waals surface area (Å²) in [6.07, 6.45) is -1.52. The van der Waals surface area contributed by atoms with Crippen LogP contribution in [0.1, 0.15) is 28.8 Å². The molecule has 1 atom stereocenters. The molecule has 2 heterocycles. The van der Waals surface area contributed by atoms with Crippen molar-refractivity contribution in [2.24, 2.45) is 0 Å². The number of aromatic amines is 1. The number of anilines is 1. The minimum Gasteiger partial charge on any atom is -0.324 e. The minimum absolute atomic E-state index is 0.0565. The molecule has 11 heteroatoms. The highest BCUT2D eigenvalue weighted by Crippen LogP contribution is 2.33. The fourth-order valence-electron chi connectivity index (χ4n) is 3.14. The smallest absolute Gasteiger partial charge is 0.324 e. The number of carbonyl (C=O) groups is 1. The number of hydrogen-bond donors (Lipinski definition) is 3. The molecule has 0 bridgehead atoms. The van der Waals surface area contributed by atoms with Gasteiger partial charge in [0.15, 0.2) is 5.82 Å². The first-order valence-corrected chi connectivity index (χ1v) is 9.54. The lowest BCUT2D eigenvalue weighted by Crippen LogP contribution is -2.34. The highest BCUT2D eigenvalue weighted by molar-refractivity contribution is 5.92. The van der Waals surface area contributed by atoms with Crippen LogP contribution >= 0.6 is 0 Å². The first kappa shape index (κ1) is 21.1. The van der Waals surface area contributed by atoms with Crippen LogP contribution in [0.3, 0.4) is 0 Å². The first-order valence-electron chi connectivity index (χ1n) is 9.54. The molecule has 3 N–H and O–H groups in total. The van der Waals surface area contributed by atoms with E-state index in [-0.39, 0.29) is 11.4 Å². The average Bonchev–Trinajstić information content (AvgIpc) is 3.44. The van der Waals surface area contributed by atoms with Crippen LogP contribution in [0, 0.1) is 6.92 Å². The number of amides is 2. The number of nitrogens with one attached hydrogen (secondary N) is 3. The van der Waals surface area contributed by atoms with E-state index in [0.29, 0.717) is 17.2 Å². The molecule has 2 aromatic carbocycles. The minimum atomic E-state index is -4.57. The monoisotopic (exact) mass is 441 g/mol. The van der Waals surface area contributed by atoms with Gasteiger partial charge in [-0.05, 0) is 36.8 Å². The summed E-state index contributed by atoms with van der Waals surface area (Å²) in [5.74, 6) is 0.877. The molecule has 2 aromatic heterocycles. The van der Waals surface area contributed by atoms with Crippen LogP contribution in [0.5, 0.6) is 0 Å². The molecule has 1 unspecified atom stereocenters. The molecular weight excluding hydrogens is 423 g/mol. The van der Waals surface area contributed by atoms with Gasteiger partial charge in [-0.1, -0.05) is 30.3 Å². The van der Waals surface area contributed by atoms with Crippen molar-refractivity contribution in [2.75, 3.05) is 5.32 Å². The molecule has 0 aliphatic heterocycles. The summed E-state index contributed by atoms with van der Waals surface area (Å²) in [6, 6.07) is 12.2. The lowest BCUT2D eigenvalue weighted by molar-refractivity contribution is -0.137. The zero-order valence-corrected chi connectivity index (χ0v) is 16.8. The van der Waals surface area contributed by atoms with E-state index in [1.54, 1.807) is 43.5 Å². The van der Waals surface area contributed by atoms with E-state index in [0.717, 1.165) is 12.1 Å². The molecule has 4 rings (SSSR count). The predicted octanol–water partition coefficient (Wildman–Crippen LogP) is 4.23. The second kappa shape index (κ2) is 8.53. The maximum atomic E-state index is 13.3. The molecule has 0 saturated carbocycles. The van der Waals surface area contributed by atoms with Gasteiger partial charge in [0, 0.05) is 12.4 Å². The van der Waals surface area contributed by atoms with Gasteiger partial charge in [0.05, 0.1) is 16.9 Å². The van der Waals surface area contributed by atoms with E-state index >= 15 is 0 Å². The summed E-state index contributed by atoms with van der Waals surface area (Å²) in [7, 11) is 0. The second-order valence-electron chi connectivity index (χ2n) is 6.90. The molecule has 0 aliphatic rings. The quantitative estimate of drug-likeness (QED) is 0.432. The Bertz CT molecular complexity index is 1200. The maximum absolute atomic E-state index is 13.3. The topological polar surface area (TPSA) is 101 Å². The molecule has 4 aromatic rings. The van der Waals surface area contributed by atoms with Crippen molar-refractivity contribution in [3.05, 3.63) is 89.8 Å². The van der Waals surface area contributed by atoms with Gasteiger partial charge in [0.1, 0.15) is 11.9 Å². The van der Waals surface area contributed by atoms with Gasteiger partial charge < -0.3 is 10.6 Å². The van der Waals surface area contributed by atoms with E-state index in [9.17, 15) is 18.0 Å². The molecule has 0 saturated heterocycles. The van der Waals surface area contributed by atoms with Crippen LogP contribution in [-0.4, -0.2) is 31.0 Å². The van der Waals surface area contributed by atoms with Crippen LogP contribution in [0.4, 0.5) is 23.7 Å². The van der Waals surface area contributed by atoms with Crippen molar-refractivity contribution in [3.8, 4) is 5.69 Å². The number of benzene rings is 2. The largest absolute Gasteiger partial charge is 0.416 e. The lowest BCUT2D eigenvalue weighted by Gasteiger charge is -2.19. The third kappa shape index (κ3) is 4.61. The number of urea groups is 1. The van der Waals surface area contributed by atoms with E-state index in [4.69, 9.17) is 0 Å². The standard InChI is InChI=1S/C21H18F3N7O/c1-13-26-19(30-29-13)18(14-6-3-2-4-7-14)28-20(32)27-16-12-15(21(22,23)24)8-9-17(16)31-11-5-10-25-31/h2-12,18H,1H3,(H,26,29,30)(H2,27,28,32). The van der Waals surface area contributed by atoms with E-state index in [2.05, 4.69) is 30.9 Å². The fourth-order valence-corrected chi connectivity index (χ4v) is 3.14. The summed E-state index contributed by atoms with van der Waals surface area (Å²) in [4.78, 5) is 17.1. The number of nitrogens with zero attached hydrogens (tertiary/aromatic N) is 4. The normalized spacial score (nSPS) is 12.4. The Kier molecular flexibility index (Phi) is 5.63. The number of rotatable bonds is 5. The summed E-state index contributed by atoms with van der Waals surface area (Å²) in [5.41, 5.74) is 0.0352. The van der Waals surface area contributed by atoms with E-state index in [1.165, 1.54) is 16.9 Å². The Morgan fingerprint density at radius 3 is 2.53 bits per heavy atom. The lowest BCUT2D eigenvalue weighted by atomic mass is 10.1. The van der Waals surface area contributed by atoms with Crippen LogP contribution in [0.2, 0.25) is 0 Å². The average molecular weight is 441 g/mol. The summed E-state index contributed by atoms with van der Waals surface area (Å²) < 4.78 is 41.2. The van der Waals surface area contributed by atoms with Gasteiger partial charge in [-0.15, -0.1) is 0 Å². The number of aryl methyl sites for hydroxylation is 1. The Balaban J connectivity index is 1.65. The number of aromatic nitrogens is 5. The Labute approximate surface area is 180 Å². The van der Waals surface area contributed by atoms with Gasteiger partial charge >= 0.3 is 12.2 Å². The molecule has 164 valence electrons. The van der Waals surface area contributed by atoms with Crippen molar-refractivity contribution in [3.63, 3.8) is 0 Å². The number of alkyl halides is 3. The van der Waals surface area contributed by atoms with Crippen LogP contribution in [0.15, 0.2) is 67.0 Å². The van der Waals surface area contributed by atoms with Crippen LogP contribution in [0.25, 0.3) is 5.69 Å². The first-order chi connectivity index (χ1) is 15.3. The SMILES string of the molecule is Cc1nc(C(NC(=O)Nc2cc(C(F)(F)F)ccc2-n2cccn2)c2ccccc2)n[nH]1. The number of H-pyrrole nitrogens is 1. The van der Waals surface area contributed by atoms with Crippen molar-refractivity contribution in [1.82, 2.24) is 30.3 Å². The molecule has 0 aliphatic carbocycles. The zero-order valence-electron chi connectivity index (χ0n) is 16.8. The molecule has 8 nitrogen and oxygen atoms in total. The van der Waals surface area contributed by atoms with Gasteiger partial charge in [-0.3, -0.25) is 5.10 Å². The molecule has 0 radical (unpaired) electrons. The van der Waals surface area contributed by atoms with Crippen LogP contribution in [-0.2, 0) is 6.18 Å². The van der Waals surface area contributed by atoms with Crippen molar-refractivity contribution >= 4 is 11.7 Å². The fraction of sp³-hybridized carbons (Fsp3) is 0.143. The van der Waals surface area contributed by atoms with Gasteiger partial charge in [0.25, 0.3) is 0 Å². The Hall–Kier alpha value is -4.15. The summed E-state index contributed by atoms with van der Waals surface area (Å²) in [6.45, 7) is 1.72. The highest BCUT2D eigenvalue weighted by atomic mass is 19.4. The Morgan fingerprint density at radius 2 is 1.91 bits per heavy atom. The summed E-state index contributed by atoms with van der Waals surface area (Å²) >= 11 is 0. The van der Waals surface area contributed by atoms with Gasteiger partial charge in [0.2, 0.25) is 0 Å².